The molecule has 3 aromatic carbocycles. The van der Waals surface area contributed by atoms with Crippen LogP contribution in [0.5, 0.6) is 5.75 Å². The first kappa shape index (κ1) is 26.0. The lowest BCUT2D eigenvalue weighted by Crippen LogP contribution is -2.48. The molecule has 1 aliphatic rings. The molecule has 0 saturated heterocycles. The highest BCUT2D eigenvalue weighted by Gasteiger charge is 2.52. The van der Waals surface area contributed by atoms with Crippen LogP contribution in [-0.4, -0.2) is 35.7 Å². The number of nitrogens with one attached hydrogen (secondary N) is 1. The fourth-order valence-corrected chi connectivity index (χ4v) is 4.19. The molecular formula is C29H28F2N2O4. The number of carbonyl (C=O) groups excluding carboxylic acids is 1. The summed E-state index contributed by atoms with van der Waals surface area (Å²) < 4.78 is 40.3. The van der Waals surface area contributed by atoms with Gasteiger partial charge in [-0.15, -0.1) is 6.58 Å². The van der Waals surface area contributed by atoms with E-state index in [-0.39, 0.29) is 31.0 Å². The first-order valence-electron chi connectivity index (χ1n) is 12.0. The molecule has 6 nitrogen and oxygen atoms in total. The zero-order chi connectivity index (χ0) is 26.3. The number of ether oxygens (including phenoxy) is 2. The molecule has 3 aromatic rings. The fourth-order valence-electron chi connectivity index (χ4n) is 4.19. The van der Waals surface area contributed by atoms with Crippen LogP contribution >= 0.6 is 0 Å². The van der Waals surface area contributed by atoms with E-state index in [2.05, 4.69) is 11.9 Å². The molecule has 0 radical (unpaired) electrons. The standard InChI is InChI=1S/C29H28F2N2O4/c1-2-16-29(28(35)32-19-23-24(30)10-6-11-25(23)31)26(20-8-4-3-5-9-20)37-27(33-29)21-12-14-22(15-13-21)36-18-7-17-34/h2-6,8-15,26,34H,1,7,16-19H2,(H,32,35)/t26-,29-/m1/s1. The first-order chi connectivity index (χ1) is 18.0. The van der Waals surface area contributed by atoms with Gasteiger partial charge in [-0.1, -0.05) is 42.5 Å². The fraction of sp³-hybridized carbons (Fsp3) is 0.241. The summed E-state index contributed by atoms with van der Waals surface area (Å²) in [4.78, 5) is 18.4. The molecule has 37 heavy (non-hydrogen) atoms. The van der Waals surface area contributed by atoms with Crippen LogP contribution in [0.3, 0.4) is 0 Å². The van der Waals surface area contributed by atoms with Crippen molar-refractivity contribution < 1.29 is 28.2 Å². The van der Waals surface area contributed by atoms with E-state index in [9.17, 15) is 13.6 Å². The second-order valence-corrected chi connectivity index (χ2v) is 8.58. The maximum atomic E-state index is 14.2. The van der Waals surface area contributed by atoms with Crippen LogP contribution < -0.4 is 10.1 Å². The number of rotatable bonds is 11. The number of hydrogen-bond donors (Lipinski definition) is 2. The smallest absolute Gasteiger partial charge is 0.252 e. The topological polar surface area (TPSA) is 80.2 Å². The van der Waals surface area contributed by atoms with Crippen LogP contribution in [0.2, 0.25) is 0 Å². The van der Waals surface area contributed by atoms with E-state index in [0.717, 1.165) is 17.7 Å². The van der Waals surface area contributed by atoms with Crippen LogP contribution in [0.15, 0.2) is 90.4 Å². The van der Waals surface area contributed by atoms with Crippen molar-refractivity contribution in [2.24, 2.45) is 4.99 Å². The summed E-state index contributed by atoms with van der Waals surface area (Å²) in [5.74, 6) is -1.15. The quantitative estimate of drug-likeness (QED) is 0.287. The molecule has 192 valence electrons. The molecule has 0 spiro atoms. The Labute approximate surface area is 214 Å². The normalized spacial score (nSPS) is 18.6. The van der Waals surface area contributed by atoms with Gasteiger partial charge in [-0.05, 0) is 42.0 Å². The van der Waals surface area contributed by atoms with Gasteiger partial charge >= 0.3 is 0 Å². The van der Waals surface area contributed by atoms with E-state index in [4.69, 9.17) is 19.6 Å². The van der Waals surface area contributed by atoms with Gasteiger partial charge in [0.15, 0.2) is 11.6 Å². The number of amides is 1. The van der Waals surface area contributed by atoms with Gasteiger partial charge < -0.3 is 19.9 Å². The van der Waals surface area contributed by atoms with Crippen molar-refractivity contribution in [3.8, 4) is 5.75 Å². The van der Waals surface area contributed by atoms with Gasteiger partial charge in [0.25, 0.3) is 5.91 Å². The number of hydrogen-bond acceptors (Lipinski definition) is 5. The van der Waals surface area contributed by atoms with E-state index in [1.165, 1.54) is 6.07 Å². The van der Waals surface area contributed by atoms with Crippen LogP contribution in [0.4, 0.5) is 8.78 Å². The molecule has 0 bridgehead atoms. The van der Waals surface area contributed by atoms with Gasteiger partial charge in [0, 0.05) is 37.1 Å². The van der Waals surface area contributed by atoms with Crippen molar-refractivity contribution in [3.05, 3.63) is 114 Å². The first-order valence-corrected chi connectivity index (χ1v) is 12.0. The van der Waals surface area contributed by atoms with Crippen LogP contribution in [0.25, 0.3) is 0 Å². The Bertz CT molecular complexity index is 1240. The molecule has 2 N–H and O–H groups in total. The van der Waals surface area contributed by atoms with E-state index in [1.807, 2.05) is 30.3 Å². The Morgan fingerprint density at radius 2 is 1.78 bits per heavy atom. The van der Waals surface area contributed by atoms with E-state index < -0.39 is 29.2 Å². The lowest BCUT2D eigenvalue weighted by Gasteiger charge is -2.29. The van der Waals surface area contributed by atoms with E-state index in [0.29, 0.717) is 24.3 Å². The third kappa shape index (κ3) is 5.70. The molecule has 1 amide bonds. The van der Waals surface area contributed by atoms with Gasteiger partial charge in [-0.25, -0.2) is 13.8 Å². The summed E-state index contributed by atoms with van der Waals surface area (Å²) in [6.07, 6.45) is 1.43. The second-order valence-electron chi connectivity index (χ2n) is 8.58. The summed E-state index contributed by atoms with van der Waals surface area (Å²) >= 11 is 0. The highest BCUT2D eigenvalue weighted by molar-refractivity contribution is 6.01. The monoisotopic (exact) mass is 506 g/mol. The average Bonchev–Trinajstić information content (AvgIpc) is 3.30. The van der Waals surface area contributed by atoms with Crippen molar-refractivity contribution in [1.29, 1.82) is 0 Å². The molecule has 1 heterocycles. The predicted octanol–water partition coefficient (Wildman–Crippen LogP) is 4.88. The molecule has 0 aliphatic carbocycles. The van der Waals surface area contributed by atoms with Crippen LogP contribution in [0, 0.1) is 11.6 Å². The summed E-state index contributed by atoms with van der Waals surface area (Å²) in [6.45, 7) is 3.89. The number of carbonyl (C=O) groups is 1. The molecule has 0 aromatic heterocycles. The van der Waals surface area contributed by atoms with Gasteiger partial charge in [-0.2, -0.15) is 0 Å². The second kappa shape index (κ2) is 11.8. The number of nitrogens with zero attached hydrogens (tertiary/aromatic N) is 1. The Kier molecular flexibility index (Phi) is 8.30. The molecule has 0 fully saturated rings. The summed E-state index contributed by atoms with van der Waals surface area (Å²) in [5, 5.41) is 11.6. The van der Waals surface area contributed by atoms with Gasteiger partial charge in [0.2, 0.25) is 5.90 Å². The van der Waals surface area contributed by atoms with Crippen LogP contribution in [-0.2, 0) is 16.1 Å². The lowest BCUT2D eigenvalue weighted by atomic mass is 9.84. The maximum absolute atomic E-state index is 14.2. The number of benzene rings is 3. The zero-order valence-electron chi connectivity index (χ0n) is 20.2. The maximum Gasteiger partial charge on any atom is 0.252 e. The molecule has 0 unspecified atom stereocenters. The number of aliphatic hydroxyl groups is 1. The van der Waals surface area contributed by atoms with Crippen molar-refractivity contribution >= 4 is 11.8 Å². The van der Waals surface area contributed by atoms with E-state index >= 15 is 0 Å². The Hall–Kier alpha value is -4.04. The van der Waals surface area contributed by atoms with Crippen molar-refractivity contribution in [1.82, 2.24) is 5.32 Å². The SMILES string of the molecule is C=CC[C@@]1(C(=O)NCc2c(F)cccc2F)N=C(c2ccc(OCCCO)cc2)O[C@@H]1c1ccccc1. The molecular weight excluding hydrogens is 478 g/mol. The Morgan fingerprint density at radius 1 is 1.08 bits per heavy atom. The summed E-state index contributed by atoms with van der Waals surface area (Å²) in [5.41, 5.74) is -0.328. The minimum absolute atomic E-state index is 0.0423. The number of aliphatic hydroxyl groups excluding tert-OH is 1. The highest BCUT2D eigenvalue weighted by Crippen LogP contribution is 2.42. The van der Waals surface area contributed by atoms with Crippen molar-refractivity contribution in [2.45, 2.75) is 31.0 Å². The molecule has 1 aliphatic heterocycles. The average molecular weight is 507 g/mol. The third-order valence-corrected chi connectivity index (χ3v) is 6.08. The molecule has 4 rings (SSSR count). The van der Waals surface area contributed by atoms with E-state index in [1.54, 1.807) is 30.3 Å². The molecule has 2 atom stereocenters. The third-order valence-electron chi connectivity index (χ3n) is 6.08. The zero-order valence-corrected chi connectivity index (χ0v) is 20.2. The number of aliphatic imine (C=N–C) groups is 1. The highest BCUT2D eigenvalue weighted by atomic mass is 19.1. The lowest BCUT2D eigenvalue weighted by molar-refractivity contribution is -0.129. The minimum atomic E-state index is -1.45. The summed E-state index contributed by atoms with van der Waals surface area (Å²) in [6, 6.07) is 19.8. The van der Waals surface area contributed by atoms with Gasteiger partial charge in [-0.3, -0.25) is 4.79 Å². The largest absolute Gasteiger partial charge is 0.494 e. The molecule has 8 heteroatoms. The van der Waals surface area contributed by atoms with Gasteiger partial charge in [0.1, 0.15) is 17.4 Å². The summed E-state index contributed by atoms with van der Waals surface area (Å²) in [7, 11) is 0. The Balaban J connectivity index is 1.66. The predicted molar refractivity (Wildman–Crippen MR) is 136 cm³/mol. The van der Waals surface area contributed by atoms with Crippen molar-refractivity contribution in [3.63, 3.8) is 0 Å². The van der Waals surface area contributed by atoms with Crippen molar-refractivity contribution in [2.75, 3.05) is 13.2 Å². The molecule has 0 saturated carbocycles. The van der Waals surface area contributed by atoms with Crippen LogP contribution in [0.1, 0.15) is 35.6 Å². The Morgan fingerprint density at radius 3 is 2.43 bits per heavy atom. The minimum Gasteiger partial charge on any atom is -0.494 e. The number of halogens is 2. The van der Waals surface area contributed by atoms with Gasteiger partial charge in [0.05, 0.1) is 6.61 Å².